The molecular weight excluding hydrogens is 348 g/mol. The third-order valence-electron chi connectivity index (χ3n) is 3.15. The van der Waals surface area contributed by atoms with Gasteiger partial charge in [-0.25, -0.2) is 14.3 Å². The van der Waals surface area contributed by atoms with E-state index in [4.69, 9.17) is 5.21 Å². The van der Waals surface area contributed by atoms with Crippen LogP contribution in [0.25, 0.3) is 0 Å². The predicted molar refractivity (Wildman–Crippen MR) is 77.1 cm³/mol. The number of amides is 2. The lowest BCUT2D eigenvalue weighted by molar-refractivity contribution is -0.149. The van der Waals surface area contributed by atoms with Crippen LogP contribution in [0.2, 0.25) is 0 Å². The summed E-state index contributed by atoms with van der Waals surface area (Å²) < 4.78 is 49.7. The van der Waals surface area contributed by atoms with Gasteiger partial charge in [-0.2, -0.15) is 8.78 Å². The molecule has 0 spiro atoms. The number of carbonyl (C=O) groups excluding carboxylic acids is 2. The molecule has 6 nitrogen and oxygen atoms in total. The van der Waals surface area contributed by atoms with Crippen molar-refractivity contribution in [1.29, 1.82) is 0 Å². The molecule has 0 aromatic heterocycles. The molecular formula is C15H14F4N2O4. The van der Waals surface area contributed by atoms with Gasteiger partial charge in [-0.05, 0) is 37.1 Å². The predicted octanol–water partition coefficient (Wildman–Crippen LogP) is 0.923. The molecule has 0 heterocycles. The van der Waals surface area contributed by atoms with Crippen molar-refractivity contribution in [2.45, 2.75) is 31.4 Å². The van der Waals surface area contributed by atoms with E-state index in [2.05, 4.69) is 5.92 Å². The van der Waals surface area contributed by atoms with Gasteiger partial charge >= 0.3 is 0 Å². The molecule has 0 radical (unpaired) electrons. The molecule has 0 aliphatic carbocycles. The Morgan fingerprint density at radius 2 is 1.72 bits per heavy atom. The topological polar surface area (TPSA) is 98.7 Å². The summed E-state index contributed by atoms with van der Waals surface area (Å²) >= 11 is 0. The van der Waals surface area contributed by atoms with Gasteiger partial charge < -0.3 is 10.4 Å². The van der Waals surface area contributed by atoms with E-state index < -0.39 is 36.3 Å². The van der Waals surface area contributed by atoms with Crippen molar-refractivity contribution in [2.75, 3.05) is 0 Å². The first-order valence-electron chi connectivity index (χ1n) is 6.74. The summed E-state index contributed by atoms with van der Waals surface area (Å²) in [5, 5.41) is 20.2. The molecule has 2 unspecified atom stereocenters. The summed E-state index contributed by atoms with van der Waals surface area (Å²) in [6.07, 6.45) is -6.22. The summed E-state index contributed by atoms with van der Waals surface area (Å²) in [7, 11) is 0. The number of hydrogen-bond acceptors (Lipinski definition) is 4. The van der Waals surface area contributed by atoms with E-state index in [0.717, 1.165) is 17.6 Å². The van der Waals surface area contributed by atoms with Crippen LogP contribution in [-0.4, -0.2) is 46.6 Å². The van der Waals surface area contributed by atoms with Gasteiger partial charge in [0.15, 0.2) is 5.60 Å². The smallest absolute Gasteiger partial charge is 0.299 e. The normalized spacial score (nSPS) is 14.3. The maximum absolute atomic E-state index is 12.9. The Labute approximate surface area is 139 Å². The molecule has 2 atom stereocenters. The van der Waals surface area contributed by atoms with Gasteiger partial charge in [-0.1, -0.05) is 5.92 Å². The van der Waals surface area contributed by atoms with E-state index in [1.165, 1.54) is 12.1 Å². The van der Waals surface area contributed by atoms with Crippen LogP contribution >= 0.6 is 0 Å². The molecule has 136 valence electrons. The zero-order chi connectivity index (χ0) is 19.2. The summed E-state index contributed by atoms with van der Waals surface area (Å²) in [6, 6.07) is 2.64. The number of hydrogen-bond donors (Lipinski definition) is 4. The van der Waals surface area contributed by atoms with Gasteiger partial charge in [0.25, 0.3) is 24.7 Å². The first kappa shape index (κ1) is 20.4. The largest absolute Gasteiger partial charge is 0.381 e. The number of rotatable bonds is 5. The highest BCUT2D eigenvalue weighted by Crippen LogP contribution is 2.20. The highest BCUT2D eigenvalue weighted by Gasteiger charge is 2.46. The van der Waals surface area contributed by atoms with Crippen LogP contribution < -0.4 is 10.8 Å². The summed E-state index contributed by atoms with van der Waals surface area (Å²) in [6.45, 7) is 0.612. The average Bonchev–Trinajstić information content (AvgIpc) is 2.57. The van der Waals surface area contributed by atoms with Crippen LogP contribution in [0.5, 0.6) is 0 Å². The number of nitrogens with one attached hydrogen (secondary N) is 2. The first-order valence-corrected chi connectivity index (χ1v) is 6.74. The average molecular weight is 362 g/mol. The highest BCUT2D eigenvalue weighted by atomic mass is 19.3. The Balaban J connectivity index is 2.98. The van der Waals surface area contributed by atoms with Gasteiger partial charge in [0.2, 0.25) is 0 Å². The molecule has 1 rings (SSSR count). The number of carbonyl (C=O) groups is 2. The van der Waals surface area contributed by atoms with Crippen molar-refractivity contribution in [3.63, 3.8) is 0 Å². The number of hydroxylamine groups is 1. The van der Waals surface area contributed by atoms with E-state index in [1.54, 1.807) is 5.92 Å². The number of alkyl halides is 4. The van der Waals surface area contributed by atoms with Gasteiger partial charge in [0, 0.05) is 11.1 Å². The number of aliphatic hydroxyl groups is 1. The third kappa shape index (κ3) is 5.44. The maximum atomic E-state index is 12.9. The fourth-order valence-electron chi connectivity index (χ4n) is 1.72. The molecule has 0 bridgehead atoms. The monoisotopic (exact) mass is 362 g/mol. The second-order valence-electron chi connectivity index (χ2n) is 5.06. The van der Waals surface area contributed by atoms with Crippen LogP contribution in [0.1, 0.15) is 22.8 Å². The minimum Gasteiger partial charge on any atom is -0.381 e. The van der Waals surface area contributed by atoms with Crippen molar-refractivity contribution >= 4 is 11.8 Å². The zero-order valence-corrected chi connectivity index (χ0v) is 12.8. The summed E-state index contributed by atoms with van der Waals surface area (Å²) in [5.41, 5.74) is -1.80. The number of benzene rings is 1. The van der Waals surface area contributed by atoms with Crippen molar-refractivity contribution in [1.82, 2.24) is 10.8 Å². The second kappa shape index (κ2) is 8.46. The van der Waals surface area contributed by atoms with Crippen molar-refractivity contribution in [3.05, 3.63) is 35.4 Å². The molecule has 10 heteroatoms. The zero-order valence-electron chi connectivity index (χ0n) is 12.8. The molecule has 0 fully saturated rings. The first-order chi connectivity index (χ1) is 11.6. The highest BCUT2D eigenvalue weighted by molar-refractivity contribution is 5.97. The van der Waals surface area contributed by atoms with Gasteiger partial charge in [-0.3, -0.25) is 14.8 Å². The fourth-order valence-corrected chi connectivity index (χ4v) is 1.72. The van der Waals surface area contributed by atoms with Gasteiger partial charge in [0.1, 0.15) is 6.04 Å². The quantitative estimate of drug-likeness (QED) is 0.271. The molecule has 25 heavy (non-hydrogen) atoms. The van der Waals surface area contributed by atoms with E-state index >= 15 is 0 Å². The summed E-state index contributed by atoms with van der Waals surface area (Å²) in [5.74, 6) is 1.31. The van der Waals surface area contributed by atoms with E-state index in [0.29, 0.717) is 6.92 Å². The Hall–Kier alpha value is -2.64. The van der Waals surface area contributed by atoms with Crippen LogP contribution in [0.15, 0.2) is 24.3 Å². The minimum absolute atomic E-state index is 0.108. The molecule has 4 N–H and O–H groups in total. The summed E-state index contributed by atoms with van der Waals surface area (Å²) in [4.78, 5) is 23.5. The molecule has 0 saturated heterocycles. The van der Waals surface area contributed by atoms with Gasteiger partial charge in [0.05, 0.1) is 0 Å². The fraction of sp³-hybridized carbons (Fsp3) is 0.333. The van der Waals surface area contributed by atoms with E-state index in [1.807, 2.05) is 5.32 Å². The van der Waals surface area contributed by atoms with Gasteiger partial charge in [-0.15, -0.1) is 0 Å². The Kier molecular flexibility index (Phi) is 6.90. The lowest BCUT2D eigenvalue weighted by atomic mass is 9.95. The van der Waals surface area contributed by atoms with Crippen LogP contribution in [0.3, 0.4) is 0 Å². The minimum atomic E-state index is -3.40. The van der Waals surface area contributed by atoms with Crippen molar-refractivity contribution in [2.24, 2.45) is 0 Å². The van der Waals surface area contributed by atoms with Crippen LogP contribution in [-0.2, 0) is 4.79 Å². The molecule has 1 aromatic carbocycles. The molecule has 0 aliphatic heterocycles. The number of halogens is 4. The maximum Gasteiger partial charge on any atom is 0.299 e. The Morgan fingerprint density at radius 3 is 2.16 bits per heavy atom. The second-order valence-corrected chi connectivity index (χ2v) is 5.06. The van der Waals surface area contributed by atoms with Crippen molar-refractivity contribution in [3.8, 4) is 11.8 Å². The standard InChI is InChI=1S/C15H14F4N2O4/c1-15(24,14(18)19)11(13(23)21-25)20-12(22)9-5-2-8(3-6-9)4-7-10(16)17/h2-3,5-6,10-11,14,24-25H,1H3,(H,20,22)(H,21,23). The molecule has 2 amide bonds. The molecule has 0 saturated carbocycles. The van der Waals surface area contributed by atoms with Crippen LogP contribution in [0.4, 0.5) is 17.6 Å². The lowest BCUT2D eigenvalue weighted by Gasteiger charge is -2.30. The lowest BCUT2D eigenvalue weighted by Crippen LogP contribution is -2.61. The third-order valence-corrected chi connectivity index (χ3v) is 3.15. The van der Waals surface area contributed by atoms with E-state index in [9.17, 15) is 32.3 Å². The van der Waals surface area contributed by atoms with Crippen LogP contribution in [0, 0.1) is 11.8 Å². The molecule has 0 aliphatic rings. The van der Waals surface area contributed by atoms with E-state index in [-0.39, 0.29) is 11.1 Å². The van der Waals surface area contributed by atoms with Crippen molar-refractivity contribution < 1.29 is 37.5 Å². The Bertz CT molecular complexity index is 681. The SMILES string of the molecule is CC(O)(C(F)F)C(NC(=O)c1ccc(C#CC(F)F)cc1)C(=O)NO. The molecule has 1 aromatic rings. The Morgan fingerprint density at radius 1 is 1.16 bits per heavy atom.